The van der Waals surface area contributed by atoms with Crippen LogP contribution in [0.2, 0.25) is 0 Å². The lowest BCUT2D eigenvalue weighted by atomic mass is 10.3. The predicted molar refractivity (Wildman–Crippen MR) is 116 cm³/mol. The fourth-order valence-corrected chi connectivity index (χ4v) is 4.36. The Kier molecular flexibility index (Phi) is 4.71. The highest BCUT2D eigenvalue weighted by Gasteiger charge is 2.24. The summed E-state index contributed by atoms with van der Waals surface area (Å²) in [4.78, 5) is 25.0. The molecule has 5 rings (SSSR count). The summed E-state index contributed by atoms with van der Waals surface area (Å²) in [5.74, 6) is 0.412. The third-order valence-electron chi connectivity index (χ3n) is 4.08. The quantitative estimate of drug-likeness (QED) is 0.445. The van der Waals surface area contributed by atoms with E-state index in [1.54, 1.807) is 6.08 Å². The molecule has 0 spiro atoms. The topological polar surface area (TPSA) is 83.3 Å². The van der Waals surface area contributed by atoms with Gasteiger partial charge in [0.25, 0.3) is 5.91 Å². The van der Waals surface area contributed by atoms with Gasteiger partial charge >= 0.3 is 0 Å². The maximum Gasteiger partial charge on any atom is 0.264 e. The zero-order valence-corrected chi connectivity index (χ0v) is 16.6. The van der Waals surface area contributed by atoms with E-state index < -0.39 is 0 Å². The van der Waals surface area contributed by atoms with Gasteiger partial charge in [-0.05, 0) is 59.9 Å². The lowest BCUT2D eigenvalue weighted by Gasteiger charge is -1.94. The lowest BCUT2D eigenvalue weighted by Crippen LogP contribution is -2.19. The Labute approximate surface area is 174 Å². The van der Waals surface area contributed by atoms with E-state index in [2.05, 4.69) is 20.3 Å². The number of aliphatic imine (C=N–C) groups is 1. The van der Waals surface area contributed by atoms with E-state index in [1.807, 2.05) is 66.7 Å². The fraction of sp³-hybridized carbons (Fsp3) is 0. The van der Waals surface area contributed by atoms with E-state index in [9.17, 15) is 4.79 Å². The van der Waals surface area contributed by atoms with Crippen molar-refractivity contribution in [1.82, 2.24) is 15.3 Å². The summed E-state index contributed by atoms with van der Waals surface area (Å²) in [6.45, 7) is 0. The van der Waals surface area contributed by atoms with Crippen LogP contribution in [0.15, 0.2) is 91.3 Å². The number of H-pyrrole nitrogens is 1. The molecule has 0 bridgehead atoms. The van der Waals surface area contributed by atoms with Gasteiger partial charge in [0.15, 0.2) is 15.4 Å². The molecule has 29 heavy (non-hydrogen) atoms. The second-order valence-corrected chi connectivity index (χ2v) is 8.16. The van der Waals surface area contributed by atoms with Crippen LogP contribution in [-0.4, -0.2) is 21.0 Å². The van der Waals surface area contributed by atoms with Crippen LogP contribution in [0.25, 0.3) is 17.1 Å². The van der Waals surface area contributed by atoms with Gasteiger partial charge in [0.2, 0.25) is 0 Å². The zero-order chi connectivity index (χ0) is 19.6. The van der Waals surface area contributed by atoms with Crippen molar-refractivity contribution < 1.29 is 9.21 Å². The van der Waals surface area contributed by atoms with Crippen LogP contribution in [-0.2, 0) is 4.79 Å². The fourth-order valence-electron chi connectivity index (χ4n) is 2.77. The number of amides is 1. The number of carbonyl (C=O) groups excluding carboxylic acids is 1. The van der Waals surface area contributed by atoms with Gasteiger partial charge < -0.3 is 14.7 Å². The zero-order valence-electron chi connectivity index (χ0n) is 15.0. The largest absolute Gasteiger partial charge is 0.450 e. The van der Waals surface area contributed by atoms with Crippen molar-refractivity contribution in [3.63, 3.8) is 0 Å². The highest BCUT2D eigenvalue weighted by Crippen LogP contribution is 2.32. The number of para-hydroxylation sites is 3. The Morgan fingerprint density at radius 2 is 1.86 bits per heavy atom. The summed E-state index contributed by atoms with van der Waals surface area (Å²) in [5.41, 5.74) is 2.68. The van der Waals surface area contributed by atoms with Crippen molar-refractivity contribution in [1.29, 1.82) is 0 Å². The number of carbonyl (C=O) groups is 1. The number of thioether (sulfide) groups is 1. The number of imidazole rings is 1. The van der Waals surface area contributed by atoms with Crippen molar-refractivity contribution in [2.75, 3.05) is 0 Å². The molecule has 8 heteroatoms. The molecule has 1 fully saturated rings. The molecule has 1 aliphatic heterocycles. The van der Waals surface area contributed by atoms with Crippen molar-refractivity contribution in [3.05, 3.63) is 77.4 Å². The van der Waals surface area contributed by atoms with Crippen LogP contribution in [0.4, 0.5) is 5.69 Å². The number of aromatic amines is 1. The molecule has 0 unspecified atom stereocenters. The van der Waals surface area contributed by atoms with Gasteiger partial charge in [0.1, 0.15) is 5.76 Å². The smallest absolute Gasteiger partial charge is 0.264 e. The number of hydrogen-bond acceptors (Lipinski definition) is 6. The van der Waals surface area contributed by atoms with E-state index in [-0.39, 0.29) is 5.91 Å². The number of furan rings is 1. The van der Waals surface area contributed by atoms with E-state index >= 15 is 0 Å². The summed E-state index contributed by atoms with van der Waals surface area (Å²) in [6.07, 6.45) is 1.72. The lowest BCUT2D eigenvalue weighted by molar-refractivity contribution is -0.115. The van der Waals surface area contributed by atoms with Crippen molar-refractivity contribution in [2.45, 2.75) is 10.2 Å². The number of nitrogens with zero attached hydrogens (tertiary/aromatic N) is 2. The Morgan fingerprint density at radius 3 is 2.72 bits per heavy atom. The third kappa shape index (κ3) is 3.98. The normalized spacial score (nSPS) is 16.8. The number of benzene rings is 2. The molecule has 2 aromatic heterocycles. The Morgan fingerprint density at radius 1 is 1.03 bits per heavy atom. The summed E-state index contributed by atoms with van der Waals surface area (Å²) in [5, 5.41) is 4.78. The van der Waals surface area contributed by atoms with Gasteiger partial charge in [-0.2, -0.15) is 0 Å². The second kappa shape index (κ2) is 7.65. The van der Waals surface area contributed by atoms with Crippen molar-refractivity contribution in [3.8, 4) is 0 Å². The average Bonchev–Trinajstić information content (AvgIpc) is 3.42. The first kappa shape index (κ1) is 17.8. The standard InChI is InChI=1S/C21H14N4O2S2/c26-19-17(28-20(25-19)22-13-6-2-1-3-7-13)12-14-10-11-18(27-14)29-21-23-15-8-4-5-9-16(15)24-21/h1-12H,(H,23,24)(H,22,25,26). The predicted octanol–water partition coefficient (Wildman–Crippen LogP) is 5.20. The van der Waals surface area contributed by atoms with Crippen LogP contribution >= 0.6 is 23.5 Å². The second-order valence-electron chi connectivity index (χ2n) is 6.14. The first-order valence-corrected chi connectivity index (χ1v) is 10.4. The number of amidine groups is 1. The molecule has 1 aliphatic rings. The number of fused-ring (bicyclic) bond motifs is 1. The minimum absolute atomic E-state index is 0.187. The van der Waals surface area contributed by atoms with E-state index in [0.717, 1.165) is 21.9 Å². The molecule has 0 saturated carbocycles. The molecule has 0 aliphatic carbocycles. The van der Waals surface area contributed by atoms with Crippen LogP contribution in [0.5, 0.6) is 0 Å². The number of nitrogens with one attached hydrogen (secondary N) is 2. The third-order valence-corrected chi connectivity index (χ3v) is 5.80. The molecule has 1 amide bonds. The maximum absolute atomic E-state index is 12.2. The molecule has 0 atom stereocenters. The SMILES string of the molecule is O=C1NC(=Nc2ccccc2)SC1=Cc1ccc(Sc2nc3ccccc3[nH]2)o1. The van der Waals surface area contributed by atoms with E-state index in [1.165, 1.54) is 23.5 Å². The van der Waals surface area contributed by atoms with Gasteiger partial charge in [0.05, 0.1) is 21.6 Å². The van der Waals surface area contributed by atoms with Crippen LogP contribution in [0.3, 0.4) is 0 Å². The minimum Gasteiger partial charge on any atom is -0.450 e. The first-order valence-electron chi connectivity index (χ1n) is 8.80. The molecule has 0 radical (unpaired) electrons. The van der Waals surface area contributed by atoms with Crippen LogP contribution in [0.1, 0.15) is 5.76 Å². The molecule has 3 heterocycles. The number of aromatic nitrogens is 2. The molecule has 4 aromatic rings. The van der Waals surface area contributed by atoms with E-state index in [4.69, 9.17) is 4.42 Å². The Bertz CT molecular complexity index is 1220. The average molecular weight is 419 g/mol. The summed E-state index contributed by atoms with van der Waals surface area (Å²) in [6, 6.07) is 21.0. The summed E-state index contributed by atoms with van der Waals surface area (Å²) < 4.78 is 5.84. The molecule has 2 N–H and O–H groups in total. The number of hydrogen-bond donors (Lipinski definition) is 2. The first-order chi connectivity index (χ1) is 14.2. The van der Waals surface area contributed by atoms with Gasteiger partial charge in [0, 0.05) is 6.08 Å². The van der Waals surface area contributed by atoms with Gasteiger partial charge in [-0.15, -0.1) is 0 Å². The van der Waals surface area contributed by atoms with Crippen LogP contribution < -0.4 is 5.32 Å². The van der Waals surface area contributed by atoms with Gasteiger partial charge in [-0.1, -0.05) is 30.3 Å². The maximum atomic E-state index is 12.2. The van der Waals surface area contributed by atoms with Gasteiger partial charge in [-0.3, -0.25) is 4.79 Å². The molecule has 2 aromatic carbocycles. The highest BCUT2D eigenvalue weighted by atomic mass is 32.2. The summed E-state index contributed by atoms with van der Waals surface area (Å²) >= 11 is 2.69. The molecular weight excluding hydrogens is 404 g/mol. The van der Waals surface area contributed by atoms with Gasteiger partial charge in [-0.25, -0.2) is 9.98 Å². The summed E-state index contributed by atoms with van der Waals surface area (Å²) in [7, 11) is 0. The molecule has 142 valence electrons. The van der Waals surface area contributed by atoms with E-state index in [0.29, 0.717) is 20.9 Å². The van der Waals surface area contributed by atoms with Crippen molar-refractivity contribution >= 4 is 57.4 Å². The monoisotopic (exact) mass is 418 g/mol. The number of rotatable bonds is 4. The molecular formula is C21H14N4O2S2. The minimum atomic E-state index is -0.187. The van der Waals surface area contributed by atoms with Crippen molar-refractivity contribution in [2.24, 2.45) is 4.99 Å². The molecule has 6 nitrogen and oxygen atoms in total. The Balaban J connectivity index is 1.32. The van der Waals surface area contributed by atoms with Crippen LogP contribution in [0, 0.1) is 0 Å². The highest BCUT2D eigenvalue weighted by molar-refractivity contribution is 8.18. The molecule has 1 saturated heterocycles. The Hall–Kier alpha value is -3.23.